The number of benzene rings is 2. The number of hydrogen-bond donors (Lipinski definition) is 1. The summed E-state index contributed by atoms with van der Waals surface area (Å²) in [6, 6.07) is 8.21. The Morgan fingerprint density at radius 2 is 1.65 bits per heavy atom. The highest BCUT2D eigenvalue weighted by atomic mass is 35.5. The molecule has 2 rings (SSSR count). The molecule has 0 atom stereocenters. The van der Waals surface area contributed by atoms with Gasteiger partial charge in [-0.05, 0) is 42.5 Å². The molecular formula is C14H13ClFNO4S2. The minimum atomic E-state index is -4.01. The van der Waals surface area contributed by atoms with E-state index in [9.17, 15) is 21.2 Å². The molecule has 0 bridgehead atoms. The predicted octanol–water partition coefficient (Wildman–Crippen LogP) is 3.07. The second kappa shape index (κ2) is 6.46. The van der Waals surface area contributed by atoms with Gasteiger partial charge >= 0.3 is 0 Å². The Hall–Kier alpha value is -1.64. The fourth-order valence-corrected chi connectivity index (χ4v) is 4.28. The molecule has 0 saturated heterocycles. The van der Waals surface area contributed by atoms with Gasteiger partial charge in [-0.15, -0.1) is 0 Å². The molecule has 0 fully saturated rings. The average molecular weight is 378 g/mol. The quantitative estimate of drug-likeness (QED) is 0.868. The number of halogens is 2. The van der Waals surface area contributed by atoms with E-state index in [-0.39, 0.29) is 26.3 Å². The number of anilines is 1. The van der Waals surface area contributed by atoms with Crippen LogP contribution in [0.15, 0.2) is 52.3 Å². The van der Waals surface area contributed by atoms with E-state index in [1.165, 1.54) is 31.2 Å². The SMILES string of the molecule is CCS(=O)(=O)c1ccc(NS(=O)(=O)c2ccc(F)cc2Cl)cc1. The van der Waals surface area contributed by atoms with Gasteiger partial charge in [-0.3, -0.25) is 4.72 Å². The van der Waals surface area contributed by atoms with Crippen molar-refractivity contribution < 1.29 is 21.2 Å². The van der Waals surface area contributed by atoms with Gasteiger partial charge in [0.1, 0.15) is 10.7 Å². The second-order valence-corrected chi connectivity index (χ2v) is 8.94. The molecule has 0 saturated carbocycles. The van der Waals surface area contributed by atoms with E-state index < -0.39 is 25.7 Å². The first-order valence-electron chi connectivity index (χ1n) is 6.46. The normalized spacial score (nSPS) is 12.1. The van der Waals surface area contributed by atoms with Gasteiger partial charge in [0.2, 0.25) is 0 Å². The molecule has 0 amide bonds. The Labute approximate surface area is 139 Å². The average Bonchev–Trinajstić information content (AvgIpc) is 2.47. The third kappa shape index (κ3) is 4.01. The Morgan fingerprint density at radius 3 is 2.17 bits per heavy atom. The maximum Gasteiger partial charge on any atom is 0.263 e. The molecule has 2 aromatic rings. The molecule has 2 aromatic carbocycles. The summed E-state index contributed by atoms with van der Waals surface area (Å²) in [6.07, 6.45) is 0. The van der Waals surface area contributed by atoms with Crippen LogP contribution in [0.25, 0.3) is 0 Å². The zero-order valence-corrected chi connectivity index (χ0v) is 14.3. The van der Waals surface area contributed by atoms with Crippen molar-refractivity contribution in [1.29, 1.82) is 0 Å². The zero-order valence-electron chi connectivity index (χ0n) is 12.0. The Balaban J connectivity index is 2.31. The van der Waals surface area contributed by atoms with Crippen LogP contribution in [0.4, 0.5) is 10.1 Å². The van der Waals surface area contributed by atoms with Crippen LogP contribution in [-0.4, -0.2) is 22.6 Å². The van der Waals surface area contributed by atoms with Crippen LogP contribution in [0.2, 0.25) is 5.02 Å². The molecule has 0 heterocycles. The topological polar surface area (TPSA) is 80.3 Å². The van der Waals surface area contributed by atoms with Gasteiger partial charge in [-0.1, -0.05) is 18.5 Å². The van der Waals surface area contributed by atoms with Gasteiger partial charge in [-0.25, -0.2) is 21.2 Å². The number of hydrogen-bond acceptors (Lipinski definition) is 4. The van der Waals surface area contributed by atoms with Crippen molar-refractivity contribution in [1.82, 2.24) is 0 Å². The summed E-state index contributed by atoms with van der Waals surface area (Å²) in [5.74, 6) is -0.702. The summed E-state index contributed by atoms with van der Waals surface area (Å²) in [4.78, 5) is -0.173. The van der Waals surface area contributed by atoms with E-state index in [4.69, 9.17) is 11.6 Å². The Kier molecular flexibility index (Phi) is 4.98. The first kappa shape index (κ1) is 17.7. The van der Waals surface area contributed by atoms with Crippen LogP contribution in [-0.2, 0) is 19.9 Å². The summed E-state index contributed by atoms with van der Waals surface area (Å²) < 4.78 is 63.1. The highest BCUT2D eigenvalue weighted by molar-refractivity contribution is 7.93. The van der Waals surface area contributed by atoms with Crippen molar-refractivity contribution in [2.24, 2.45) is 0 Å². The maximum absolute atomic E-state index is 13.0. The summed E-state index contributed by atoms with van der Waals surface area (Å²) >= 11 is 5.75. The van der Waals surface area contributed by atoms with Crippen molar-refractivity contribution >= 4 is 37.1 Å². The van der Waals surface area contributed by atoms with Crippen LogP contribution in [0, 0.1) is 5.82 Å². The fraction of sp³-hybridized carbons (Fsp3) is 0.143. The highest BCUT2D eigenvalue weighted by Crippen LogP contribution is 2.25. The molecule has 0 aliphatic rings. The number of sulfone groups is 1. The van der Waals surface area contributed by atoms with Gasteiger partial charge in [0.05, 0.1) is 15.7 Å². The Bertz CT molecular complexity index is 926. The number of sulfonamides is 1. The smallest absolute Gasteiger partial charge is 0.263 e. The third-order valence-corrected chi connectivity index (χ3v) is 6.64. The zero-order chi connectivity index (χ0) is 17.3. The van der Waals surface area contributed by atoms with Crippen LogP contribution in [0.1, 0.15) is 6.92 Å². The molecule has 0 unspecified atom stereocenters. The molecule has 9 heteroatoms. The van der Waals surface area contributed by atoms with E-state index in [2.05, 4.69) is 4.72 Å². The monoisotopic (exact) mass is 377 g/mol. The molecule has 23 heavy (non-hydrogen) atoms. The summed E-state index contributed by atoms with van der Waals surface area (Å²) in [5, 5.41) is -0.248. The van der Waals surface area contributed by atoms with Crippen molar-refractivity contribution in [2.45, 2.75) is 16.7 Å². The van der Waals surface area contributed by atoms with Crippen molar-refractivity contribution in [3.63, 3.8) is 0 Å². The maximum atomic E-state index is 13.0. The van der Waals surface area contributed by atoms with Crippen molar-refractivity contribution in [3.8, 4) is 0 Å². The standard InChI is InChI=1S/C14H13ClFNO4S2/c1-2-22(18,19)12-6-4-11(5-7-12)17-23(20,21)14-8-3-10(16)9-13(14)15/h3-9,17H,2H2,1H3. The lowest BCUT2D eigenvalue weighted by molar-refractivity contribution is 0.596. The van der Waals surface area contributed by atoms with Gasteiger partial charge in [0.15, 0.2) is 9.84 Å². The lowest BCUT2D eigenvalue weighted by Gasteiger charge is -2.10. The molecular weight excluding hydrogens is 365 g/mol. The highest BCUT2D eigenvalue weighted by Gasteiger charge is 2.19. The minimum absolute atomic E-state index is 0.0523. The Morgan fingerprint density at radius 1 is 1.04 bits per heavy atom. The second-order valence-electron chi connectivity index (χ2n) is 4.61. The van der Waals surface area contributed by atoms with Gasteiger partial charge < -0.3 is 0 Å². The summed E-state index contributed by atoms with van der Waals surface area (Å²) in [6.45, 7) is 1.52. The first-order valence-corrected chi connectivity index (χ1v) is 9.98. The third-order valence-electron chi connectivity index (χ3n) is 3.03. The molecule has 0 radical (unpaired) electrons. The molecule has 0 aliphatic carbocycles. The molecule has 0 spiro atoms. The molecule has 124 valence electrons. The van der Waals surface area contributed by atoms with E-state index in [1.54, 1.807) is 0 Å². The van der Waals surface area contributed by atoms with Crippen LogP contribution in [0.5, 0.6) is 0 Å². The summed E-state index contributed by atoms with van der Waals surface area (Å²) in [5.41, 5.74) is 0.167. The van der Waals surface area contributed by atoms with E-state index in [1.807, 2.05) is 0 Å². The molecule has 5 nitrogen and oxygen atoms in total. The fourth-order valence-electron chi connectivity index (χ4n) is 1.80. The van der Waals surface area contributed by atoms with Crippen LogP contribution < -0.4 is 4.72 Å². The molecule has 0 aromatic heterocycles. The predicted molar refractivity (Wildman–Crippen MR) is 86.4 cm³/mol. The van der Waals surface area contributed by atoms with E-state index in [0.29, 0.717) is 0 Å². The van der Waals surface area contributed by atoms with Gasteiger partial charge in [0, 0.05) is 5.69 Å². The van der Waals surface area contributed by atoms with E-state index in [0.717, 1.165) is 18.2 Å². The van der Waals surface area contributed by atoms with Crippen LogP contribution in [0.3, 0.4) is 0 Å². The molecule has 1 N–H and O–H groups in total. The number of nitrogens with one attached hydrogen (secondary N) is 1. The molecule has 0 aliphatic heterocycles. The number of rotatable bonds is 5. The lowest BCUT2D eigenvalue weighted by atomic mass is 10.3. The van der Waals surface area contributed by atoms with Gasteiger partial charge in [-0.2, -0.15) is 0 Å². The van der Waals surface area contributed by atoms with Crippen molar-refractivity contribution in [3.05, 3.63) is 53.3 Å². The first-order chi connectivity index (χ1) is 10.7. The largest absolute Gasteiger partial charge is 0.280 e. The minimum Gasteiger partial charge on any atom is -0.280 e. The van der Waals surface area contributed by atoms with Gasteiger partial charge in [0.25, 0.3) is 10.0 Å². The van der Waals surface area contributed by atoms with Crippen LogP contribution >= 0.6 is 11.6 Å². The summed E-state index contributed by atoms with van der Waals surface area (Å²) in [7, 11) is -7.38. The van der Waals surface area contributed by atoms with E-state index >= 15 is 0 Å². The lowest BCUT2D eigenvalue weighted by Crippen LogP contribution is -2.13. The van der Waals surface area contributed by atoms with Crippen molar-refractivity contribution in [2.75, 3.05) is 10.5 Å².